The van der Waals surface area contributed by atoms with Crippen LogP contribution in [0.1, 0.15) is 12.5 Å². The summed E-state index contributed by atoms with van der Waals surface area (Å²) in [6, 6.07) is 16.9. The zero-order valence-electron chi connectivity index (χ0n) is 17.4. The van der Waals surface area contributed by atoms with E-state index in [0.717, 1.165) is 11.4 Å². The lowest BCUT2D eigenvalue weighted by Gasteiger charge is -2.03. The maximum Gasteiger partial charge on any atom is 0.288 e. The SMILES string of the molecule is CCOc1ccc(-n2nc3ccc(NC(=O)/C=C/c4ccc(Cl)c([N+](=O)[O-])c4)cc3n2)cc1. The molecule has 10 heteroatoms. The fourth-order valence-electron chi connectivity index (χ4n) is 3.08. The summed E-state index contributed by atoms with van der Waals surface area (Å²) in [4.78, 5) is 24.2. The lowest BCUT2D eigenvalue weighted by atomic mass is 10.2. The van der Waals surface area contributed by atoms with Crippen molar-refractivity contribution in [2.24, 2.45) is 0 Å². The molecule has 1 N–H and O–H groups in total. The zero-order valence-corrected chi connectivity index (χ0v) is 18.2. The molecule has 9 nitrogen and oxygen atoms in total. The van der Waals surface area contributed by atoms with E-state index in [1.165, 1.54) is 29.1 Å². The van der Waals surface area contributed by atoms with E-state index in [1.54, 1.807) is 24.3 Å². The van der Waals surface area contributed by atoms with Gasteiger partial charge in [-0.25, -0.2) is 0 Å². The van der Waals surface area contributed by atoms with Gasteiger partial charge in [-0.15, -0.1) is 10.2 Å². The summed E-state index contributed by atoms with van der Waals surface area (Å²) in [7, 11) is 0. The molecule has 0 aliphatic heterocycles. The average Bonchev–Trinajstić information content (AvgIpc) is 3.22. The molecule has 166 valence electrons. The van der Waals surface area contributed by atoms with Crippen molar-refractivity contribution in [3.05, 3.63) is 87.4 Å². The zero-order chi connectivity index (χ0) is 23.4. The van der Waals surface area contributed by atoms with Crippen molar-refractivity contribution in [1.82, 2.24) is 15.0 Å². The van der Waals surface area contributed by atoms with Crippen LogP contribution in [0.15, 0.2) is 66.7 Å². The predicted molar refractivity (Wildman–Crippen MR) is 126 cm³/mol. The van der Waals surface area contributed by atoms with Crippen LogP contribution in [0.4, 0.5) is 11.4 Å². The van der Waals surface area contributed by atoms with Gasteiger partial charge in [-0.1, -0.05) is 17.7 Å². The van der Waals surface area contributed by atoms with E-state index in [9.17, 15) is 14.9 Å². The fourth-order valence-corrected chi connectivity index (χ4v) is 3.27. The topological polar surface area (TPSA) is 112 Å². The third-order valence-corrected chi connectivity index (χ3v) is 4.94. The first kappa shape index (κ1) is 22.0. The smallest absolute Gasteiger partial charge is 0.288 e. The van der Waals surface area contributed by atoms with Crippen LogP contribution < -0.4 is 10.1 Å². The summed E-state index contributed by atoms with van der Waals surface area (Å²) in [5, 5.41) is 22.7. The van der Waals surface area contributed by atoms with E-state index in [4.69, 9.17) is 16.3 Å². The van der Waals surface area contributed by atoms with E-state index in [1.807, 2.05) is 31.2 Å². The highest BCUT2D eigenvalue weighted by Crippen LogP contribution is 2.25. The number of hydrogen-bond acceptors (Lipinski definition) is 6. The summed E-state index contributed by atoms with van der Waals surface area (Å²) < 4.78 is 5.45. The number of ether oxygens (including phenoxy) is 1. The molecule has 0 atom stereocenters. The normalized spacial score (nSPS) is 11.1. The standard InChI is InChI=1S/C23H18ClN5O4/c1-2-33-18-8-6-17(7-9-18)28-26-20-11-5-16(14-21(20)27-28)25-23(30)12-4-15-3-10-19(24)22(13-15)29(31)32/h3-14H,2H2,1H3,(H,25,30)/b12-4+. The molecule has 1 heterocycles. The first-order valence-electron chi connectivity index (χ1n) is 9.96. The number of nitro groups is 1. The molecule has 0 spiro atoms. The lowest BCUT2D eigenvalue weighted by molar-refractivity contribution is -0.384. The summed E-state index contributed by atoms with van der Waals surface area (Å²) in [5.41, 5.74) is 2.86. The van der Waals surface area contributed by atoms with E-state index in [0.29, 0.717) is 28.9 Å². The monoisotopic (exact) mass is 463 g/mol. The van der Waals surface area contributed by atoms with Gasteiger partial charge in [-0.05, 0) is 67.1 Å². The van der Waals surface area contributed by atoms with Gasteiger partial charge in [0.15, 0.2) is 0 Å². The number of amides is 1. The van der Waals surface area contributed by atoms with Gasteiger partial charge in [-0.2, -0.15) is 4.80 Å². The third-order valence-electron chi connectivity index (χ3n) is 4.62. The Morgan fingerprint density at radius 1 is 1.12 bits per heavy atom. The molecule has 0 saturated heterocycles. The molecule has 4 rings (SSSR count). The van der Waals surface area contributed by atoms with Crippen LogP contribution in [0.25, 0.3) is 22.8 Å². The number of carbonyl (C=O) groups is 1. The number of nitrogens with zero attached hydrogens (tertiary/aromatic N) is 4. The minimum atomic E-state index is -0.574. The maximum atomic E-state index is 12.3. The Labute approximate surface area is 193 Å². The van der Waals surface area contributed by atoms with Crippen molar-refractivity contribution in [3.8, 4) is 11.4 Å². The quantitative estimate of drug-likeness (QED) is 0.233. The molecule has 4 aromatic rings. The Hall–Kier alpha value is -4.24. The van der Waals surface area contributed by atoms with Crippen LogP contribution in [0.5, 0.6) is 5.75 Å². The highest BCUT2D eigenvalue weighted by atomic mass is 35.5. The van der Waals surface area contributed by atoms with Crippen LogP contribution in [-0.4, -0.2) is 32.4 Å². The first-order chi connectivity index (χ1) is 15.9. The van der Waals surface area contributed by atoms with Crippen LogP contribution in [-0.2, 0) is 4.79 Å². The van der Waals surface area contributed by atoms with Gasteiger partial charge in [0.25, 0.3) is 5.69 Å². The number of aromatic nitrogens is 3. The Morgan fingerprint density at radius 2 is 1.88 bits per heavy atom. The van der Waals surface area contributed by atoms with Crippen molar-refractivity contribution in [3.63, 3.8) is 0 Å². The van der Waals surface area contributed by atoms with Gasteiger partial charge in [0.2, 0.25) is 5.91 Å². The van der Waals surface area contributed by atoms with E-state index in [2.05, 4.69) is 15.5 Å². The van der Waals surface area contributed by atoms with E-state index >= 15 is 0 Å². The van der Waals surface area contributed by atoms with Crippen molar-refractivity contribution in [1.29, 1.82) is 0 Å². The number of nitrogens with one attached hydrogen (secondary N) is 1. The molecular formula is C23H18ClN5O4. The number of anilines is 1. The molecule has 0 saturated carbocycles. The maximum absolute atomic E-state index is 12.3. The van der Waals surface area contributed by atoms with Gasteiger partial charge in [0.05, 0.1) is 17.2 Å². The number of halogens is 1. The molecule has 0 fully saturated rings. The summed E-state index contributed by atoms with van der Waals surface area (Å²) >= 11 is 5.81. The number of carbonyl (C=O) groups excluding carboxylic acids is 1. The summed E-state index contributed by atoms with van der Waals surface area (Å²) in [6.07, 6.45) is 2.76. The van der Waals surface area contributed by atoms with Gasteiger partial charge in [0, 0.05) is 17.8 Å². The minimum Gasteiger partial charge on any atom is -0.494 e. The molecule has 0 bridgehead atoms. The van der Waals surface area contributed by atoms with Crippen molar-refractivity contribution < 1.29 is 14.5 Å². The van der Waals surface area contributed by atoms with Crippen molar-refractivity contribution in [2.75, 3.05) is 11.9 Å². The molecule has 0 aliphatic carbocycles. The molecule has 3 aromatic carbocycles. The van der Waals surface area contributed by atoms with Crippen molar-refractivity contribution in [2.45, 2.75) is 6.92 Å². The average molecular weight is 464 g/mol. The molecular weight excluding hydrogens is 446 g/mol. The Bertz CT molecular complexity index is 1370. The third kappa shape index (κ3) is 5.16. The minimum absolute atomic E-state index is 0.0354. The number of benzene rings is 3. The van der Waals surface area contributed by atoms with Gasteiger partial charge < -0.3 is 10.1 Å². The number of fused-ring (bicyclic) bond motifs is 1. The summed E-state index contributed by atoms with van der Waals surface area (Å²) in [5.74, 6) is 0.370. The van der Waals surface area contributed by atoms with Gasteiger partial charge >= 0.3 is 0 Å². The fraction of sp³-hybridized carbons (Fsp3) is 0.0870. The second-order valence-corrected chi connectivity index (χ2v) is 7.32. The van der Waals surface area contributed by atoms with Crippen LogP contribution in [0, 0.1) is 10.1 Å². The van der Waals surface area contributed by atoms with Gasteiger partial charge in [-0.3, -0.25) is 14.9 Å². The van der Waals surface area contributed by atoms with Crippen LogP contribution >= 0.6 is 11.6 Å². The van der Waals surface area contributed by atoms with E-state index < -0.39 is 10.8 Å². The number of hydrogen-bond donors (Lipinski definition) is 1. The number of rotatable bonds is 7. The number of nitro benzene ring substituents is 1. The molecule has 0 radical (unpaired) electrons. The highest BCUT2D eigenvalue weighted by molar-refractivity contribution is 6.32. The van der Waals surface area contributed by atoms with Crippen molar-refractivity contribution >= 4 is 46.0 Å². The Kier molecular flexibility index (Phi) is 6.32. The van der Waals surface area contributed by atoms with Crippen LogP contribution in [0.2, 0.25) is 5.02 Å². The Balaban J connectivity index is 1.47. The predicted octanol–water partition coefficient (Wildman–Crippen LogP) is 5.03. The molecule has 1 aromatic heterocycles. The molecule has 0 aliphatic rings. The van der Waals surface area contributed by atoms with Gasteiger partial charge in [0.1, 0.15) is 21.8 Å². The second kappa shape index (κ2) is 9.49. The molecule has 1 amide bonds. The van der Waals surface area contributed by atoms with E-state index in [-0.39, 0.29) is 10.7 Å². The molecule has 0 unspecified atom stereocenters. The van der Waals surface area contributed by atoms with Crippen LogP contribution in [0.3, 0.4) is 0 Å². The second-order valence-electron chi connectivity index (χ2n) is 6.91. The summed E-state index contributed by atoms with van der Waals surface area (Å²) in [6.45, 7) is 2.51. The largest absolute Gasteiger partial charge is 0.494 e. The highest BCUT2D eigenvalue weighted by Gasteiger charge is 2.12. The lowest BCUT2D eigenvalue weighted by Crippen LogP contribution is -2.07. The Morgan fingerprint density at radius 3 is 2.61 bits per heavy atom. The molecule has 33 heavy (non-hydrogen) atoms. The first-order valence-corrected chi connectivity index (χ1v) is 10.3.